The molecule has 0 saturated carbocycles. The lowest BCUT2D eigenvalue weighted by molar-refractivity contribution is -0.383. The van der Waals surface area contributed by atoms with Gasteiger partial charge in [0.15, 0.2) is 0 Å². The third-order valence-corrected chi connectivity index (χ3v) is 3.77. The number of benzene rings is 2. The number of anilines is 2. The van der Waals surface area contributed by atoms with Crippen LogP contribution in [0.25, 0.3) is 0 Å². The van der Waals surface area contributed by atoms with E-state index in [1.54, 1.807) is 24.3 Å². The number of carbonyl (C=O) groups is 1. The van der Waals surface area contributed by atoms with E-state index in [0.29, 0.717) is 5.69 Å². The zero-order chi connectivity index (χ0) is 19.6. The third-order valence-electron chi connectivity index (χ3n) is 3.77. The highest BCUT2D eigenvalue weighted by atomic mass is 16.6. The third kappa shape index (κ3) is 5.28. The Bertz CT molecular complexity index is 882. The highest BCUT2D eigenvalue weighted by Crippen LogP contribution is 2.29. The zero-order valence-corrected chi connectivity index (χ0v) is 14.5. The molecule has 8 nitrogen and oxygen atoms in total. The summed E-state index contributed by atoms with van der Waals surface area (Å²) in [5.41, 5.74) is 0.856. The molecule has 0 aromatic heterocycles. The number of para-hydroxylation sites is 1. The van der Waals surface area contributed by atoms with Gasteiger partial charge in [-0.2, -0.15) is 10.5 Å². The second-order valence-electron chi connectivity index (χ2n) is 5.59. The number of nitro groups is 1. The quantitative estimate of drug-likeness (QED) is 0.564. The molecule has 2 aromatic carbocycles. The summed E-state index contributed by atoms with van der Waals surface area (Å²) in [7, 11) is 0. The molecule has 0 aliphatic carbocycles. The van der Waals surface area contributed by atoms with Gasteiger partial charge in [-0.3, -0.25) is 14.9 Å². The van der Waals surface area contributed by atoms with E-state index >= 15 is 0 Å². The lowest BCUT2D eigenvalue weighted by Crippen LogP contribution is -2.32. The summed E-state index contributed by atoms with van der Waals surface area (Å²) < 4.78 is 0. The van der Waals surface area contributed by atoms with Crippen LogP contribution in [0.3, 0.4) is 0 Å². The smallest absolute Gasteiger partial charge is 0.293 e. The van der Waals surface area contributed by atoms with Gasteiger partial charge in [0.2, 0.25) is 0 Å². The summed E-state index contributed by atoms with van der Waals surface area (Å²) in [6.45, 7) is 0.323. The van der Waals surface area contributed by atoms with Crippen LogP contribution < -0.4 is 5.32 Å². The van der Waals surface area contributed by atoms with Crippen molar-refractivity contribution >= 4 is 23.0 Å². The van der Waals surface area contributed by atoms with E-state index in [2.05, 4.69) is 5.32 Å². The molecule has 0 aliphatic heterocycles. The molecule has 27 heavy (non-hydrogen) atoms. The van der Waals surface area contributed by atoms with Gasteiger partial charge in [-0.25, -0.2) is 0 Å². The number of nitriles is 2. The fourth-order valence-corrected chi connectivity index (χ4v) is 2.47. The molecule has 0 unspecified atom stereocenters. The molecular weight excluding hydrogens is 346 g/mol. The maximum absolute atomic E-state index is 12.7. The minimum absolute atomic E-state index is 0.118. The molecule has 0 spiro atoms. The average molecular weight is 363 g/mol. The fraction of sp³-hybridized carbons (Fsp3) is 0.211. The van der Waals surface area contributed by atoms with Crippen molar-refractivity contribution in [3.05, 3.63) is 64.2 Å². The molecule has 136 valence electrons. The number of nitro benzene ring substituents is 1. The highest BCUT2D eigenvalue weighted by molar-refractivity contribution is 5.96. The van der Waals surface area contributed by atoms with Crippen LogP contribution in [0.15, 0.2) is 48.5 Å². The predicted octanol–water partition coefficient (Wildman–Crippen LogP) is 3.61. The van der Waals surface area contributed by atoms with Crippen LogP contribution in [-0.2, 0) is 0 Å². The minimum atomic E-state index is -0.559. The topological polar surface area (TPSA) is 123 Å². The van der Waals surface area contributed by atoms with Crippen molar-refractivity contribution < 1.29 is 9.72 Å². The van der Waals surface area contributed by atoms with Crippen LogP contribution in [0.1, 0.15) is 23.2 Å². The number of carbonyl (C=O) groups excluding carboxylic acids is 1. The van der Waals surface area contributed by atoms with Gasteiger partial charge in [-0.05, 0) is 24.3 Å². The second-order valence-corrected chi connectivity index (χ2v) is 5.59. The van der Waals surface area contributed by atoms with Crippen LogP contribution in [0.5, 0.6) is 0 Å². The average Bonchev–Trinajstić information content (AvgIpc) is 2.68. The summed E-state index contributed by atoms with van der Waals surface area (Å²) in [5.74, 6) is -0.449. The van der Waals surface area contributed by atoms with Gasteiger partial charge in [0.1, 0.15) is 5.69 Å². The van der Waals surface area contributed by atoms with Crippen LogP contribution in [0.4, 0.5) is 17.1 Å². The van der Waals surface area contributed by atoms with Crippen LogP contribution >= 0.6 is 0 Å². The summed E-state index contributed by atoms with van der Waals surface area (Å²) in [6.07, 6.45) is 0.236. The van der Waals surface area contributed by atoms with Gasteiger partial charge in [-0.1, -0.05) is 18.2 Å². The Labute approximate surface area is 156 Å². The first-order valence-corrected chi connectivity index (χ1v) is 8.20. The Hall–Kier alpha value is -3.91. The van der Waals surface area contributed by atoms with Gasteiger partial charge in [0, 0.05) is 30.4 Å². The number of amides is 1. The Morgan fingerprint density at radius 1 is 1.07 bits per heavy atom. The molecule has 0 fully saturated rings. The maximum atomic E-state index is 12.7. The summed E-state index contributed by atoms with van der Waals surface area (Å²) in [4.78, 5) is 24.9. The normalized spacial score (nSPS) is 9.70. The molecule has 0 bridgehead atoms. The molecule has 0 atom stereocenters. The van der Waals surface area contributed by atoms with Gasteiger partial charge in [-0.15, -0.1) is 0 Å². The fourth-order valence-electron chi connectivity index (χ4n) is 2.47. The Morgan fingerprint density at radius 2 is 1.70 bits per heavy atom. The van der Waals surface area contributed by atoms with E-state index in [4.69, 9.17) is 10.5 Å². The minimum Gasteiger partial charge on any atom is -0.350 e. The number of nitrogens with zero attached hydrogens (tertiary/aromatic N) is 4. The number of nitrogens with one attached hydrogen (secondary N) is 1. The molecule has 1 amide bonds. The first kappa shape index (κ1) is 19.4. The lowest BCUT2D eigenvalue weighted by atomic mass is 10.1. The lowest BCUT2D eigenvalue weighted by Gasteiger charge is -2.20. The van der Waals surface area contributed by atoms with Gasteiger partial charge < -0.3 is 10.2 Å². The molecular formula is C19H17N5O3. The molecule has 2 rings (SSSR count). The van der Waals surface area contributed by atoms with E-state index in [-0.39, 0.29) is 42.9 Å². The van der Waals surface area contributed by atoms with Gasteiger partial charge >= 0.3 is 0 Å². The first-order valence-electron chi connectivity index (χ1n) is 8.20. The summed E-state index contributed by atoms with van der Waals surface area (Å²) >= 11 is 0. The van der Waals surface area contributed by atoms with Crippen molar-refractivity contribution in [2.45, 2.75) is 12.8 Å². The van der Waals surface area contributed by atoms with E-state index in [1.807, 2.05) is 18.2 Å². The molecule has 0 saturated heterocycles. The largest absolute Gasteiger partial charge is 0.350 e. The van der Waals surface area contributed by atoms with Crippen molar-refractivity contribution in [2.75, 3.05) is 18.4 Å². The van der Waals surface area contributed by atoms with Crippen molar-refractivity contribution in [3.8, 4) is 12.1 Å². The zero-order valence-electron chi connectivity index (χ0n) is 14.5. The summed E-state index contributed by atoms with van der Waals surface area (Å²) in [5, 5.41) is 31.9. The summed E-state index contributed by atoms with van der Waals surface area (Å²) in [6, 6.07) is 17.1. The first-order chi connectivity index (χ1) is 13.1. The van der Waals surface area contributed by atoms with Crippen molar-refractivity contribution in [2.24, 2.45) is 0 Å². The molecule has 1 N–H and O–H groups in total. The molecule has 8 heteroatoms. The standard InChI is InChI=1S/C19H17N5O3/c20-10-4-12-23(13-5-11-21)19(25)15-8-9-17(18(14-15)24(26)27)22-16-6-2-1-3-7-16/h1-3,6-9,14,22H,4-5,12-13H2. The monoisotopic (exact) mass is 363 g/mol. The number of hydrogen-bond donors (Lipinski definition) is 1. The highest BCUT2D eigenvalue weighted by Gasteiger charge is 2.21. The number of rotatable bonds is 8. The van der Waals surface area contributed by atoms with E-state index in [1.165, 1.54) is 23.1 Å². The second kappa shape index (κ2) is 9.54. The van der Waals surface area contributed by atoms with Crippen LogP contribution in [-0.4, -0.2) is 28.8 Å². The van der Waals surface area contributed by atoms with Crippen molar-refractivity contribution in [3.63, 3.8) is 0 Å². The SMILES string of the molecule is N#CCCN(CCC#N)C(=O)c1ccc(Nc2ccccc2)c([N+](=O)[O-])c1. The van der Waals surface area contributed by atoms with Gasteiger partial charge in [0.05, 0.1) is 29.9 Å². The molecule has 0 heterocycles. The molecule has 2 aromatic rings. The molecule has 0 aliphatic rings. The van der Waals surface area contributed by atoms with Crippen molar-refractivity contribution in [1.29, 1.82) is 10.5 Å². The predicted molar refractivity (Wildman–Crippen MR) is 99.2 cm³/mol. The Balaban J connectivity index is 2.30. The molecule has 0 radical (unpaired) electrons. The van der Waals surface area contributed by atoms with E-state index in [0.717, 1.165) is 0 Å². The Morgan fingerprint density at radius 3 is 2.26 bits per heavy atom. The van der Waals surface area contributed by atoms with E-state index in [9.17, 15) is 14.9 Å². The van der Waals surface area contributed by atoms with Crippen LogP contribution in [0.2, 0.25) is 0 Å². The number of hydrogen-bond acceptors (Lipinski definition) is 6. The van der Waals surface area contributed by atoms with Crippen LogP contribution in [0, 0.1) is 32.8 Å². The van der Waals surface area contributed by atoms with Crippen molar-refractivity contribution in [1.82, 2.24) is 4.90 Å². The maximum Gasteiger partial charge on any atom is 0.293 e. The van der Waals surface area contributed by atoms with E-state index < -0.39 is 10.8 Å². The Kier molecular flexibility index (Phi) is 6.86. The van der Waals surface area contributed by atoms with Gasteiger partial charge in [0.25, 0.3) is 11.6 Å².